The van der Waals surface area contributed by atoms with E-state index in [1.807, 2.05) is 24.3 Å². The SMILES string of the molecule is CC(C)Cc1ccc(C(=O)CCC(=O)NCC2CCCNC2)cc1.Cl. The molecule has 2 N–H and O–H groups in total. The summed E-state index contributed by atoms with van der Waals surface area (Å²) in [4.78, 5) is 24.1. The van der Waals surface area contributed by atoms with Gasteiger partial charge in [-0.25, -0.2) is 0 Å². The molecule has 1 aromatic carbocycles. The number of Topliss-reactive ketones (excluding diaryl/α,β-unsaturated/α-hetero) is 1. The van der Waals surface area contributed by atoms with Crippen LogP contribution in [-0.2, 0) is 11.2 Å². The minimum Gasteiger partial charge on any atom is -0.356 e. The molecule has 0 radical (unpaired) electrons. The average molecular weight is 367 g/mol. The van der Waals surface area contributed by atoms with Crippen LogP contribution in [0.3, 0.4) is 0 Å². The van der Waals surface area contributed by atoms with E-state index in [4.69, 9.17) is 0 Å². The summed E-state index contributed by atoms with van der Waals surface area (Å²) >= 11 is 0. The number of ketones is 1. The minimum atomic E-state index is -0.0228. The Morgan fingerprint density at radius 2 is 1.92 bits per heavy atom. The van der Waals surface area contributed by atoms with Gasteiger partial charge in [-0.1, -0.05) is 38.1 Å². The van der Waals surface area contributed by atoms with Gasteiger partial charge in [-0.3, -0.25) is 9.59 Å². The molecular weight excluding hydrogens is 336 g/mol. The summed E-state index contributed by atoms with van der Waals surface area (Å²) in [7, 11) is 0. The summed E-state index contributed by atoms with van der Waals surface area (Å²) in [5.41, 5.74) is 1.95. The Hall–Kier alpha value is -1.39. The van der Waals surface area contributed by atoms with Gasteiger partial charge in [-0.05, 0) is 49.8 Å². The third-order valence-corrected chi connectivity index (χ3v) is 4.49. The fraction of sp³-hybridized carbons (Fsp3) is 0.600. The molecule has 1 aliphatic heterocycles. The second kappa shape index (κ2) is 11.3. The number of amides is 1. The van der Waals surface area contributed by atoms with Crippen molar-refractivity contribution >= 4 is 24.1 Å². The summed E-state index contributed by atoms with van der Waals surface area (Å²) in [5, 5.41) is 6.30. The lowest BCUT2D eigenvalue weighted by Gasteiger charge is -2.22. The molecule has 5 heteroatoms. The maximum Gasteiger partial charge on any atom is 0.220 e. The predicted octanol–water partition coefficient (Wildman–Crippen LogP) is 3.39. The molecule has 25 heavy (non-hydrogen) atoms. The van der Waals surface area contributed by atoms with E-state index < -0.39 is 0 Å². The topological polar surface area (TPSA) is 58.2 Å². The smallest absolute Gasteiger partial charge is 0.220 e. The molecule has 1 fully saturated rings. The molecule has 1 heterocycles. The lowest BCUT2D eigenvalue weighted by Crippen LogP contribution is -2.38. The van der Waals surface area contributed by atoms with Gasteiger partial charge in [-0.15, -0.1) is 12.4 Å². The summed E-state index contributed by atoms with van der Waals surface area (Å²) in [6, 6.07) is 7.80. The Bertz CT molecular complexity index is 537. The van der Waals surface area contributed by atoms with Gasteiger partial charge in [0, 0.05) is 24.9 Å². The first kappa shape index (κ1) is 21.7. The monoisotopic (exact) mass is 366 g/mol. The van der Waals surface area contributed by atoms with Crippen LogP contribution in [0.25, 0.3) is 0 Å². The fourth-order valence-electron chi connectivity index (χ4n) is 3.11. The molecule has 2 rings (SSSR count). The van der Waals surface area contributed by atoms with Crippen LogP contribution in [-0.4, -0.2) is 31.3 Å². The fourth-order valence-corrected chi connectivity index (χ4v) is 3.11. The number of halogens is 1. The van der Waals surface area contributed by atoms with Gasteiger partial charge < -0.3 is 10.6 Å². The van der Waals surface area contributed by atoms with Crippen LogP contribution in [0.2, 0.25) is 0 Å². The molecule has 0 aromatic heterocycles. The Kier molecular flexibility index (Phi) is 9.76. The predicted molar refractivity (Wildman–Crippen MR) is 104 cm³/mol. The van der Waals surface area contributed by atoms with Crippen molar-refractivity contribution in [1.29, 1.82) is 0 Å². The van der Waals surface area contributed by atoms with E-state index in [-0.39, 0.29) is 36.9 Å². The van der Waals surface area contributed by atoms with Gasteiger partial charge in [0.1, 0.15) is 0 Å². The Balaban J connectivity index is 0.00000312. The van der Waals surface area contributed by atoms with Gasteiger partial charge in [0.25, 0.3) is 0 Å². The van der Waals surface area contributed by atoms with Crippen molar-refractivity contribution in [3.05, 3.63) is 35.4 Å². The second-order valence-electron chi connectivity index (χ2n) is 7.23. The van der Waals surface area contributed by atoms with E-state index in [9.17, 15) is 9.59 Å². The zero-order chi connectivity index (χ0) is 17.4. The normalized spacial score (nSPS) is 17.0. The first-order valence-electron chi connectivity index (χ1n) is 9.14. The van der Waals surface area contributed by atoms with Crippen LogP contribution in [0.4, 0.5) is 0 Å². The molecule has 1 saturated heterocycles. The molecule has 1 amide bonds. The Morgan fingerprint density at radius 3 is 2.52 bits per heavy atom. The number of hydrogen-bond acceptors (Lipinski definition) is 3. The molecule has 0 spiro atoms. The molecule has 0 bridgehead atoms. The standard InChI is InChI=1S/C20H30N2O2.ClH/c1-15(2)12-16-5-7-18(8-6-16)19(23)9-10-20(24)22-14-17-4-3-11-21-13-17;/h5-8,15,17,21H,3-4,9-14H2,1-2H3,(H,22,24);1H. The van der Waals surface area contributed by atoms with Crippen LogP contribution in [0.15, 0.2) is 24.3 Å². The molecular formula is C20H31ClN2O2. The summed E-state index contributed by atoms with van der Waals surface area (Å²) < 4.78 is 0. The third kappa shape index (κ3) is 8.02. The first-order chi connectivity index (χ1) is 11.5. The van der Waals surface area contributed by atoms with E-state index in [0.717, 1.165) is 25.9 Å². The summed E-state index contributed by atoms with van der Waals surface area (Å²) in [5.74, 6) is 1.15. The minimum absolute atomic E-state index is 0. The highest BCUT2D eigenvalue weighted by Gasteiger charge is 2.14. The quantitative estimate of drug-likeness (QED) is 0.693. The highest BCUT2D eigenvalue weighted by atomic mass is 35.5. The van der Waals surface area contributed by atoms with Crippen LogP contribution >= 0.6 is 12.4 Å². The van der Waals surface area contributed by atoms with Crippen molar-refractivity contribution in [2.45, 2.75) is 46.0 Å². The Labute approximate surface area is 157 Å². The number of carbonyl (C=O) groups excluding carboxylic acids is 2. The molecule has 4 nitrogen and oxygen atoms in total. The van der Waals surface area contributed by atoms with Gasteiger partial charge in [0.2, 0.25) is 5.91 Å². The summed E-state index contributed by atoms with van der Waals surface area (Å²) in [6.45, 7) is 7.13. The van der Waals surface area contributed by atoms with Crippen LogP contribution in [0.1, 0.15) is 55.5 Å². The largest absolute Gasteiger partial charge is 0.356 e. The van der Waals surface area contributed by atoms with E-state index in [1.54, 1.807) is 0 Å². The first-order valence-corrected chi connectivity index (χ1v) is 9.14. The zero-order valence-corrected chi connectivity index (χ0v) is 16.2. The number of hydrogen-bond donors (Lipinski definition) is 2. The second-order valence-corrected chi connectivity index (χ2v) is 7.23. The number of rotatable bonds is 8. The lowest BCUT2D eigenvalue weighted by atomic mass is 9.99. The highest BCUT2D eigenvalue weighted by Crippen LogP contribution is 2.12. The van der Waals surface area contributed by atoms with E-state index in [1.165, 1.54) is 12.0 Å². The van der Waals surface area contributed by atoms with Crippen molar-refractivity contribution in [2.24, 2.45) is 11.8 Å². The molecule has 140 valence electrons. The van der Waals surface area contributed by atoms with Crippen LogP contribution in [0.5, 0.6) is 0 Å². The average Bonchev–Trinajstić information content (AvgIpc) is 2.59. The molecule has 0 saturated carbocycles. The number of carbonyl (C=O) groups is 2. The zero-order valence-electron chi connectivity index (χ0n) is 15.3. The molecule has 1 aliphatic rings. The van der Waals surface area contributed by atoms with Crippen molar-refractivity contribution < 1.29 is 9.59 Å². The van der Waals surface area contributed by atoms with Crippen LogP contribution in [0, 0.1) is 11.8 Å². The van der Waals surface area contributed by atoms with Gasteiger partial charge >= 0.3 is 0 Å². The van der Waals surface area contributed by atoms with Crippen molar-refractivity contribution in [3.63, 3.8) is 0 Å². The highest BCUT2D eigenvalue weighted by molar-refractivity contribution is 5.97. The van der Waals surface area contributed by atoms with Crippen molar-refractivity contribution in [2.75, 3.05) is 19.6 Å². The number of benzene rings is 1. The Morgan fingerprint density at radius 1 is 1.20 bits per heavy atom. The van der Waals surface area contributed by atoms with Crippen molar-refractivity contribution in [3.8, 4) is 0 Å². The molecule has 1 unspecified atom stereocenters. The maximum atomic E-state index is 12.2. The summed E-state index contributed by atoms with van der Waals surface area (Å²) in [6.07, 6.45) is 3.90. The van der Waals surface area contributed by atoms with Gasteiger partial charge in [0.15, 0.2) is 5.78 Å². The van der Waals surface area contributed by atoms with Gasteiger partial charge in [0.05, 0.1) is 0 Å². The van der Waals surface area contributed by atoms with Crippen molar-refractivity contribution in [1.82, 2.24) is 10.6 Å². The van der Waals surface area contributed by atoms with E-state index in [0.29, 0.717) is 23.9 Å². The maximum absolute atomic E-state index is 12.2. The van der Waals surface area contributed by atoms with E-state index in [2.05, 4.69) is 24.5 Å². The third-order valence-electron chi connectivity index (χ3n) is 4.49. The lowest BCUT2D eigenvalue weighted by molar-refractivity contribution is -0.121. The molecule has 1 atom stereocenters. The number of nitrogens with one attached hydrogen (secondary N) is 2. The van der Waals surface area contributed by atoms with E-state index >= 15 is 0 Å². The van der Waals surface area contributed by atoms with Gasteiger partial charge in [-0.2, -0.15) is 0 Å². The molecule has 1 aromatic rings. The van der Waals surface area contributed by atoms with Crippen LogP contribution < -0.4 is 10.6 Å². The molecule has 0 aliphatic carbocycles. The number of piperidine rings is 1.